The molecule has 0 radical (unpaired) electrons. The van der Waals surface area contributed by atoms with E-state index in [1.807, 2.05) is 20.8 Å². The van der Waals surface area contributed by atoms with Gasteiger partial charge in [0.1, 0.15) is 0 Å². The second-order valence-electron chi connectivity index (χ2n) is 3.90. The summed E-state index contributed by atoms with van der Waals surface area (Å²) in [7, 11) is 0. The van der Waals surface area contributed by atoms with Crippen LogP contribution in [0.5, 0.6) is 0 Å². The van der Waals surface area contributed by atoms with Gasteiger partial charge < -0.3 is 10.4 Å². The smallest absolute Gasteiger partial charge is 0.305 e. The number of rotatable bonds is 7. The van der Waals surface area contributed by atoms with E-state index in [-0.39, 0.29) is 24.3 Å². The van der Waals surface area contributed by atoms with E-state index in [1.54, 1.807) is 0 Å². The Balaban J connectivity index is 4.14. The number of carboxylic acids is 1. The number of aliphatic carboxylic acids is 1. The van der Waals surface area contributed by atoms with Gasteiger partial charge in [-0.05, 0) is 12.8 Å². The molecule has 0 spiro atoms. The third kappa shape index (κ3) is 6.10. The number of hydrogen-bond acceptors (Lipinski definition) is 2. The number of nitrogens with one attached hydrogen (secondary N) is 1. The maximum atomic E-state index is 11.5. The van der Waals surface area contributed by atoms with Crippen molar-refractivity contribution in [3.05, 3.63) is 0 Å². The number of amides is 1. The van der Waals surface area contributed by atoms with E-state index in [9.17, 15) is 9.59 Å². The van der Waals surface area contributed by atoms with Crippen molar-refractivity contribution >= 4 is 11.9 Å². The molecule has 4 nitrogen and oxygen atoms in total. The Morgan fingerprint density at radius 2 is 1.93 bits per heavy atom. The third-order valence-corrected chi connectivity index (χ3v) is 2.46. The van der Waals surface area contributed by atoms with E-state index in [4.69, 9.17) is 5.11 Å². The minimum absolute atomic E-state index is 0.00993. The SMILES string of the molecule is CCC[C@@H](CC(=O)O)NC(=O)[C@H](C)CC. The van der Waals surface area contributed by atoms with Crippen molar-refractivity contribution in [3.63, 3.8) is 0 Å². The predicted octanol–water partition coefficient (Wildman–Crippen LogP) is 1.79. The third-order valence-electron chi connectivity index (χ3n) is 2.46. The van der Waals surface area contributed by atoms with Crippen LogP contribution in [0.2, 0.25) is 0 Å². The molecule has 15 heavy (non-hydrogen) atoms. The van der Waals surface area contributed by atoms with Gasteiger partial charge in [-0.25, -0.2) is 0 Å². The highest BCUT2D eigenvalue weighted by atomic mass is 16.4. The van der Waals surface area contributed by atoms with Gasteiger partial charge in [0.2, 0.25) is 5.91 Å². The average Bonchev–Trinajstić information content (AvgIpc) is 2.15. The van der Waals surface area contributed by atoms with Crippen LogP contribution in [-0.2, 0) is 9.59 Å². The minimum Gasteiger partial charge on any atom is -0.481 e. The molecule has 0 aromatic heterocycles. The average molecular weight is 215 g/mol. The Kier molecular flexibility index (Phi) is 6.75. The maximum Gasteiger partial charge on any atom is 0.305 e. The summed E-state index contributed by atoms with van der Waals surface area (Å²) in [4.78, 5) is 22.1. The molecule has 0 aliphatic rings. The van der Waals surface area contributed by atoms with E-state index in [2.05, 4.69) is 5.32 Å². The fraction of sp³-hybridized carbons (Fsp3) is 0.818. The van der Waals surface area contributed by atoms with E-state index in [0.29, 0.717) is 6.42 Å². The predicted molar refractivity (Wildman–Crippen MR) is 58.5 cm³/mol. The van der Waals surface area contributed by atoms with Gasteiger partial charge in [0.05, 0.1) is 6.42 Å². The van der Waals surface area contributed by atoms with Gasteiger partial charge in [-0.1, -0.05) is 27.2 Å². The Labute approximate surface area is 91.1 Å². The summed E-state index contributed by atoms with van der Waals surface area (Å²) in [6.07, 6.45) is 2.38. The van der Waals surface area contributed by atoms with Crippen LogP contribution in [-0.4, -0.2) is 23.0 Å². The molecule has 2 atom stereocenters. The standard InChI is InChI=1S/C11H21NO3/c1-4-6-9(7-10(13)14)12-11(15)8(3)5-2/h8-9H,4-7H2,1-3H3,(H,12,15)(H,13,14)/t8-,9+/m1/s1. The van der Waals surface area contributed by atoms with Crippen molar-refractivity contribution in [1.29, 1.82) is 0 Å². The van der Waals surface area contributed by atoms with Crippen LogP contribution in [0.1, 0.15) is 46.5 Å². The summed E-state index contributed by atoms with van der Waals surface area (Å²) in [5, 5.41) is 11.4. The zero-order chi connectivity index (χ0) is 11.8. The maximum absolute atomic E-state index is 11.5. The van der Waals surface area contributed by atoms with Crippen molar-refractivity contribution in [2.24, 2.45) is 5.92 Å². The van der Waals surface area contributed by atoms with E-state index in [1.165, 1.54) is 0 Å². The van der Waals surface area contributed by atoms with Crippen molar-refractivity contribution in [3.8, 4) is 0 Å². The normalized spacial score (nSPS) is 14.3. The van der Waals surface area contributed by atoms with Gasteiger partial charge in [0.25, 0.3) is 0 Å². The number of hydrogen-bond donors (Lipinski definition) is 2. The summed E-state index contributed by atoms with van der Waals surface area (Å²) < 4.78 is 0. The summed E-state index contributed by atoms with van der Waals surface area (Å²) >= 11 is 0. The van der Waals surface area contributed by atoms with Crippen molar-refractivity contribution < 1.29 is 14.7 Å². The monoisotopic (exact) mass is 215 g/mol. The highest BCUT2D eigenvalue weighted by molar-refractivity contribution is 5.79. The van der Waals surface area contributed by atoms with E-state index in [0.717, 1.165) is 12.8 Å². The fourth-order valence-electron chi connectivity index (χ4n) is 1.31. The van der Waals surface area contributed by atoms with E-state index < -0.39 is 5.97 Å². The molecule has 1 amide bonds. The molecule has 0 aliphatic carbocycles. The largest absolute Gasteiger partial charge is 0.481 e. The lowest BCUT2D eigenvalue weighted by Crippen LogP contribution is -2.39. The van der Waals surface area contributed by atoms with Crippen LogP contribution in [0.25, 0.3) is 0 Å². The lowest BCUT2D eigenvalue weighted by molar-refractivity contribution is -0.137. The Hall–Kier alpha value is -1.06. The summed E-state index contributed by atoms with van der Waals surface area (Å²) in [6, 6.07) is -0.228. The first-order valence-electron chi connectivity index (χ1n) is 5.53. The molecular weight excluding hydrogens is 194 g/mol. The Bertz CT molecular complexity index is 216. The molecule has 0 aromatic carbocycles. The lowest BCUT2D eigenvalue weighted by Gasteiger charge is -2.18. The molecule has 0 aromatic rings. The molecule has 0 bridgehead atoms. The number of carboxylic acid groups (broad SMARTS) is 1. The summed E-state index contributed by atoms with van der Waals surface area (Å²) in [5.74, 6) is -0.951. The molecule has 0 rings (SSSR count). The van der Waals surface area contributed by atoms with Gasteiger partial charge in [0, 0.05) is 12.0 Å². The van der Waals surface area contributed by atoms with Gasteiger partial charge in [0.15, 0.2) is 0 Å². The van der Waals surface area contributed by atoms with Crippen LogP contribution in [0.3, 0.4) is 0 Å². The van der Waals surface area contributed by atoms with Gasteiger partial charge >= 0.3 is 5.97 Å². The van der Waals surface area contributed by atoms with Crippen LogP contribution in [0, 0.1) is 5.92 Å². The number of carbonyl (C=O) groups excluding carboxylic acids is 1. The lowest BCUT2D eigenvalue weighted by atomic mass is 10.0. The minimum atomic E-state index is -0.863. The molecule has 0 saturated carbocycles. The zero-order valence-electron chi connectivity index (χ0n) is 9.75. The molecule has 4 heteroatoms. The Morgan fingerprint density at radius 1 is 1.33 bits per heavy atom. The summed E-state index contributed by atoms with van der Waals surface area (Å²) in [5.41, 5.74) is 0. The topological polar surface area (TPSA) is 66.4 Å². The van der Waals surface area contributed by atoms with Crippen LogP contribution in [0.4, 0.5) is 0 Å². The van der Waals surface area contributed by atoms with Crippen molar-refractivity contribution in [2.45, 2.75) is 52.5 Å². The molecule has 0 unspecified atom stereocenters. The molecule has 88 valence electrons. The number of carbonyl (C=O) groups is 2. The molecule has 2 N–H and O–H groups in total. The van der Waals surface area contributed by atoms with Crippen LogP contribution >= 0.6 is 0 Å². The molecule has 0 aliphatic heterocycles. The van der Waals surface area contributed by atoms with Crippen LogP contribution < -0.4 is 5.32 Å². The van der Waals surface area contributed by atoms with Gasteiger partial charge in [-0.15, -0.1) is 0 Å². The van der Waals surface area contributed by atoms with Crippen LogP contribution in [0.15, 0.2) is 0 Å². The first kappa shape index (κ1) is 13.9. The highest BCUT2D eigenvalue weighted by Crippen LogP contribution is 2.06. The molecule has 0 fully saturated rings. The molecule has 0 heterocycles. The van der Waals surface area contributed by atoms with E-state index >= 15 is 0 Å². The first-order valence-corrected chi connectivity index (χ1v) is 5.53. The molecule has 0 saturated heterocycles. The Morgan fingerprint density at radius 3 is 2.33 bits per heavy atom. The van der Waals surface area contributed by atoms with Crippen molar-refractivity contribution in [1.82, 2.24) is 5.32 Å². The van der Waals surface area contributed by atoms with Gasteiger partial charge in [-0.3, -0.25) is 9.59 Å². The van der Waals surface area contributed by atoms with Crippen molar-refractivity contribution in [2.75, 3.05) is 0 Å². The molecular formula is C11H21NO3. The second kappa shape index (κ2) is 7.26. The summed E-state index contributed by atoms with van der Waals surface area (Å²) in [6.45, 7) is 5.76. The fourth-order valence-corrected chi connectivity index (χ4v) is 1.31. The highest BCUT2D eigenvalue weighted by Gasteiger charge is 2.17. The first-order chi connectivity index (χ1) is 7.01. The zero-order valence-corrected chi connectivity index (χ0v) is 9.75. The quantitative estimate of drug-likeness (QED) is 0.680. The second-order valence-corrected chi connectivity index (χ2v) is 3.90. The van der Waals surface area contributed by atoms with Gasteiger partial charge in [-0.2, -0.15) is 0 Å².